The summed E-state index contributed by atoms with van der Waals surface area (Å²) in [5.74, 6) is 0.883. The highest BCUT2D eigenvalue weighted by molar-refractivity contribution is 7.98. The molecule has 0 aliphatic rings. The van der Waals surface area contributed by atoms with Crippen LogP contribution < -0.4 is 5.32 Å². The summed E-state index contributed by atoms with van der Waals surface area (Å²) >= 11 is 3.20. The molecule has 5 rings (SSSR count). The highest BCUT2D eigenvalue weighted by Crippen LogP contribution is 2.31. The highest BCUT2D eigenvalue weighted by atomic mass is 32.2. The number of aliphatic hydroxyl groups is 2. The smallest absolute Gasteiger partial charge is 0.210 e. The van der Waals surface area contributed by atoms with Crippen LogP contribution in [0.4, 0.5) is 10.8 Å². The number of nitrogens with one attached hydrogen (secondary N) is 1. The molecule has 1 aromatic heterocycles. The molecule has 0 saturated heterocycles. The number of rotatable bonds is 8. The van der Waals surface area contributed by atoms with Gasteiger partial charge in [0.05, 0.1) is 0 Å². The zero-order chi connectivity index (χ0) is 24.0. The first-order chi connectivity index (χ1) is 17.1. The number of hydrogen-bond acceptors (Lipinski definition) is 7. The predicted molar refractivity (Wildman–Crippen MR) is 144 cm³/mol. The fourth-order valence-electron chi connectivity index (χ4n) is 3.60. The normalized spacial score (nSPS) is 11.1. The first-order valence-corrected chi connectivity index (χ1v) is 12.9. The molecule has 35 heavy (non-hydrogen) atoms. The highest BCUT2D eigenvalue weighted by Gasteiger charge is 2.10. The van der Waals surface area contributed by atoms with E-state index in [1.165, 1.54) is 28.0 Å². The topological polar surface area (TPSA) is 78.3 Å². The average Bonchev–Trinajstić information content (AvgIpc) is 3.37. The molecule has 0 spiro atoms. The molecule has 5 aromatic rings. The largest absolute Gasteiger partial charge is 0.364 e. The van der Waals surface area contributed by atoms with Gasteiger partial charge in [0.15, 0.2) is 6.29 Å². The van der Waals surface area contributed by atoms with Crippen molar-refractivity contribution in [3.05, 3.63) is 114 Å². The number of nitrogens with zero attached hydrogens (tertiary/aromatic N) is 2. The third-order valence-corrected chi connectivity index (χ3v) is 7.36. The summed E-state index contributed by atoms with van der Waals surface area (Å²) in [7, 11) is 0. The summed E-state index contributed by atoms with van der Waals surface area (Å²) < 4.78 is 0. The van der Waals surface area contributed by atoms with E-state index in [-0.39, 0.29) is 0 Å². The lowest BCUT2D eigenvalue weighted by atomic mass is 10.0. The summed E-state index contributed by atoms with van der Waals surface area (Å²) in [5, 5.41) is 32.0. The Morgan fingerprint density at radius 3 is 2.29 bits per heavy atom. The van der Waals surface area contributed by atoms with E-state index in [9.17, 15) is 10.2 Å². The van der Waals surface area contributed by atoms with Crippen LogP contribution in [0.5, 0.6) is 0 Å². The standard InChI is InChI=1S/C28H23N3O2S2/c32-27(33)23-9-4-8-22(16-23)26-30-31-28(35-26)29-24-10-5-11-25(17-24)34-18-19-12-14-21(15-13-19)20-6-2-1-3-7-20/h1-17,27,32-33H,18H2,(H,29,31). The molecule has 0 saturated carbocycles. The second kappa shape index (κ2) is 10.8. The zero-order valence-corrected chi connectivity index (χ0v) is 20.3. The van der Waals surface area contributed by atoms with Crippen LogP contribution in [-0.4, -0.2) is 20.4 Å². The molecule has 7 heteroatoms. The monoisotopic (exact) mass is 497 g/mol. The van der Waals surface area contributed by atoms with E-state index in [4.69, 9.17) is 0 Å². The van der Waals surface area contributed by atoms with E-state index in [1.807, 2.05) is 24.3 Å². The third kappa shape index (κ3) is 5.96. The number of thioether (sulfide) groups is 1. The van der Waals surface area contributed by atoms with Crippen LogP contribution in [0.15, 0.2) is 108 Å². The fraction of sp³-hybridized carbons (Fsp3) is 0.0714. The quantitative estimate of drug-likeness (QED) is 0.160. The lowest BCUT2D eigenvalue weighted by Crippen LogP contribution is -1.94. The molecular formula is C28H23N3O2S2. The van der Waals surface area contributed by atoms with Crippen LogP contribution in [0.1, 0.15) is 17.4 Å². The molecule has 0 radical (unpaired) electrons. The Morgan fingerprint density at radius 2 is 1.49 bits per heavy atom. The second-order valence-electron chi connectivity index (χ2n) is 7.92. The van der Waals surface area contributed by atoms with Gasteiger partial charge in [0, 0.05) is 27.5 Å². The van der Waals surface area contributed by atoms with Gasteiger partial charge in [0.1, 0.15) is 5.01 Å². The predicted octanol–water partition coefficient (Wildman–Crippen LogP) is 6.89. The van der Waals surface area contributed by atoms with E-state index >= 15 is 0 Å². The first kappa shape index (κ1) is 23.3. The van der Waals surface area contributed by atoms with Crippen LogP contribution in [0, 0.1) is 0 Å². The molecule has 0 aliphatic carbocycles. The van der Waals surface area contributed by atoms with E-state index in [0.717, 1.165) is 21.9 Å². The van der Waals surface area contributed by atoms with Crippen molar-refractivity contribution >= 4 is 33.9 Å². The van der Waals surface area contributed by atoms with Gasteiger partial charge in [-0.15, -0.1) is 22.0 Å². The van der Waals surface area contributed by atoms with Crippen molar-refractivity contribution in [1.82, 2.24) is 10.2 Å². The van der Waals surface area contributed by atoms with Crippen molar-refractivity contribution < 1.29 is 10.2 Å². The Morgan fingerprint density at radius 1 is 0.743 bits per heavy atom. The maximum Gasteiger partial charge on any atom is 0.210 e. The molecule has 0 atom stereocenters. The van der Waals surface area contributed by atoms with Crippen molar-refractivity contribution in [2.45, 2.75) is 16.9 Å². The molecule has 1 heterocycles. The maximum absolute atomic E-state index is 9.41. The van der Waals surface area contributed by atoms with Crippen molar-refractivity contribution in [2.75, 3.05) is 5.32 Å². The van der Waals surface area contributed by atoms with Crippen LogP contribution in [-0.2, 0) is 5.75 Å². The molecule has 0 unspecified atom stereocenters. The zero-order valence-electron chi connectivity index (χ0n) is 18.7. The van der Waals surface area contributed by atoms with Gasteiger partial charge in [0.2, 0.25) is 5.13 Å². The van der Waals surface area contributed by atoms with Crippen LogP contribution in [0.25, 0.3) is 21.7 Å². The summed E-state index contributed by atoms with van der Waals surface area (Å²) in [6, 6.07) is 34.4. The number of benzene rings is 4. The Labute approximate surface area is 212 Å². The number of aliphatic hydroxyl groups excluding tert-OH is 1. The Hall–Kier alpha value is -3.49. The second-order valence-corrected chi connectivity index (χ2v) is 9.94. The van der Waals surface area contributed by atoms with Crippen molar-refractivity contribution in [2.24, 2.45) is 0 Å². The van der Waals surface area contributed by atoms with Crippen molar-refractivity contribution in [3.63, 3.8) is 0 Å². The summed E-state index contributed by atoms with van der Waals surface area (Å²) in [6.45, 7) is 0. The minimum absolute atomic E-state index is 0.423. The van der Waals surface area contributed by atoms with Gasteiger partial charge in [-0.1, -0.05) is 90.2 Å². The van der Waals surface area contributed by atoms with Gasteiger partial charge in [-0.3, -0.25) is 0 Å². The SMILES string of the molecule is OC(O)c1cccc(-c2nnc(Nc3cccc(SCc4ccc(-c5ccccc5)cc4)c3)s2)c1. The van der Waals surface area contributed by atoms with Crippen LogP contribution in [0.2, 0.25) is 0 Å². The molecule has 4 aromatic carbocycles. The van der Waals surface area contributed by atoms with E-state index in [0.29, 0.717) is 15.7 Å². The minimum atomic E-state index is -1.51. The number of anilines is 2. The van der Waals surface area contributed by atoms with Gasteiger partial charge in [-0.25, -0.2) is 0 Å². The Bertz CT molecular complexity index is 1400. The van der Waals surface area contributed by atoms with Crippen LogP contribution in [0.3, 0.4) is 0 Å². The van der Waals surface area contributed by atoms with Gasteiger partial charge >= 0.3 is 0 Å². The summed E-state index contributed by atoms with van der Waals surface area (Å²) in [4.78, 5) is 1.16. The van der Waals surface area contributed by atoms with Gasteiger partial charge in [0.25, 0.3) is 0 Å². The minimum Gasteiger partial charge on any atom is -0.364 e. The summed E-state index contributed by atoms with van der Waals surface area (Å²) in [5.41, 5.74) is 5.88. The molecule has 0 amide bonds. The third-order valence-electron chi connectivity index (χ3n) is 5.41. The van der Waals surface area contributed by atoms with Crippen molar-refractivity contribution in [3.8, 4) is 21.7 Å². The molecule has 0 aliphatic heterocycles. The van der Waals surface area contributed by atoms with Gasteiger partial charge < -0.3 is 15.5 Å². The summed E-state index contributed by atoms with van der Waals surface area (Å²) in [6.07, 6.45) is -1.51. The van der Waals surface area contributed by atoms with E-state index in [2.05, 4.69) is 76.2 Å². The molecule has 174 valence electrons. The lowest BCUT2D eigenvalue weighted by Gasteiger charge is -2.07. The fourth-order valence-corrected chi connectivity index (χ4v) is 5.27. The molecule has 3 N–H and O–H groups in total. The van der Waals surface area contributed by atoms with E-state index in [1.54, 1.807) is 30.0 Å². The van der Waals surface area contributed by atoms with Crippen LogP contribution >= 0.6 is 23.1 Å². The first-order valence-electron chi connectivity index (χ1n) is 11.1. The molecule has 0 fully saturated rings. The van der Waals surface area contributed by atoms with E-state index < -0.39 is 6.29 Å². The molecular weight excluding hydrogens is 474 g/mol. The average molecular weight is 498 g/mol. The Balaban J connectivity index is 1.22. The molecule has 5 nitrogen and oxygen atoms in total. The van der Waals surface area contributed by atoms with Crippen molar-refractivity contribution in [1.29, 1.82) is 0 Å². The Kier molecular flexibility index (Phi) is 7.20. The number of aromatic nitrogens is 2. The number of hydrogen-bond donors (Lipinski definition) is 3. The lowest BCUT2D eigenvalue weighted by molar-refractivity contribution is -0.0424. The van der Waals surface area contributed by atoms with Gasteiger partial charge in [-0.2, -0.15) is 0 Å². The molecule has 0 bridgehead atoms. The van der Waals surface area contributed by atoms with Gasteiger partial charge in [-0.05, 0) is 41.0 Å². The maximum atomic E-state index is 9.41.